The van der Waals surface area contributed by atoms with E-state index >= 15 is 0 Å². The second kappa shape index (κ2) is 4.78. The van der Waals surface area contributed by atoms with Crippen LogP contribution in [0.5, 0.6) is 0 Å². The largest absolute Gasteiger partial charge is 0.480 e. The Balaban J connectivity index is 1.63. The van der Waals surface area contributed by atoms with Crippen molar-refractivity contribution in [3.05, 3.63) is 0 Å². The molecule has 0 aromatic heterocycles. The zero-order valence-electron chi connectivity index (χ0n) is 12.0. The van der Waals surface area contributed by atoms with Crippen molar-refractivity contribution in [2.75, 3.05) is 26.2 Å². The number of urea groups is 2. The molecule has 2 atom stereocenters. The highest BCUT2D eigenvalue weighted by Crippen LogP contribution is 2.39. The van der Waals surface area contributed by atoms with E-state index in [0.29, 0.717) is 26.2 Å². The first-order chi connectivity index (χ1) is 9.91. The first kappa shape index (κ1) is 14.0. The van der Waals surface area contributed by atoms with Crippen molar-refractivity contribution in [1.29, 1.82) is 0 Å². The Kier molecular flexibility index (Phi) is 3.18. The van der Waals surface area contributed by atoms with Gasteiger partial charge in [-0.05, 0) is 25.7 Å². The number of aliphatic carboxylic acids is 1. The van der Waals surface area contributed by atoms with Crippen LogP contribution >= 0.6 is 0 Å². The van der Waals surface area contributed by atoms with E-state index in [0.717, 1.165) is 12.8 Å². The molecule has 3 fully saturated rings. The van der Waals surface area contributed by atoms with Crippen LogP contribution in [0.25, 0.3) is 0 Å². The lowest BCUT2D eigenvalue weighted by Crippen LogP contribution is -2.61. The van der Waals surface area contributed by atoms with Crippen molar-refractivity contribution < 1.29 is 19.5 Å². The van der Waals surface area contributed by atoms with E-state index in [1.165, 1.54) is 0 Å². The van der Waals surface area contributed by atoms with Gasteiger partial charge in [-0.2, -0.15) is 0 Å². The van der Waals surface area contributed by atoms with E-state index in [1.54, 1.807) is 16.7 Å². The number of carboxylic acids is 1. The molecule has 2 saturated heterocycles. The third-order valence-electron chi connectivity index (χ3n) is 4.72. The number of nitrogens with one attached hydrogen (secondary N) is 2. The molecule has 1 aliphatic carbocycles. The van der Waals surface area contributed by atoms with Crippen molar-refractivity contribution in [3.8, 4) is 0 Å². The molecule has 0 spiro atoms. The highest BCUT2D eigenvalue weighted by Gasteiger charge is 2.49. The molecular formula is C13H20N4O4. The van der Waals surface area contributed by atoms with Gasteiger partial charge in [0.1, 0.15) is 5.54 Å². The summed E-state index contributed by atoms with van der Waals surface area (Å²) in [5, 5.41) is 14.8. The molecule has 3 N–H and O–H groups in total. The fourth-order valence-electron chi connectivity index (χ4n) is 3.08. The molecule has 21 heavy (non-hydrogen) atoms. The summed E-state index contributed by atoms with van der Waals surface area (Å²) >= 11 is 0. The van der Waals surface area contributed by atoms with Crippen LogP contribution in [0, 0.1) is 5.92 Å². The number of hydrogen-bond acceptors (Lipinski definition) is 3. The fourth-order valence-corrected chi connectivity index (χ4v) is 3.08. The molecule has 0 bridgehead atoms. The van der Waals surface area contributed by atoms with Gasteiger partial charge >= 0.3 is 18.0 Å². The van der Waals surface area contributed by atoms with Gasteiger partial charge in [0.15, 0.2) is 0 Å². The first-order valence-corrected chi connectivity index (χ1v) is 7.27. The topological polar surface area (TPSA) is 102 Å². The maximum atomic E-state index is 12.3. The van der Waals surface area contributed by atoms with E-state index in [4.69, 9.17) is 0 Å². The Morgan fingerprint density at radius 3 is 2.71 bits per heavy atom. The van der Waals surface area contributed by atoms with Crippen LogP contribution in [0.2, 0.25) is 0 Å². The molecule has 0 aromatic carbocycles. The average molecular weight is 296 g/mol. The van der Waals surface area contributed by atoms with Gasteiger partial charge in [-0.25, -0.2) is 14.4 Å². The number of piperazine rings is 1. The summed E-state index contributed by atoms with van der Waals surface area (Å²) in [6, 6.07) is -0.465. The van der Waals surface area contributed by atoms with Crippen molar-refractivity contribution >= 4 is 18.0 Å². The van der Waals surface area contributed by atoms with E-state index in [2.05, 4.69) is 10.6 Å². The standard InChI is InChI=1S/C13H20N4O4/c1-13(10(18)19,8-2-3-8)15-12(21)16-4-5-17-9(7-16)6-14-11(17)20/h8-9H,2-7H2,1H3,(H,14,20)(H,15,21)(H,18,19). The predicted molar refractivity (Wildman–Crippen MR) is 72.8 cm³/mol. The lowest BCUT2D eigenvalue weighted by atomic mass is 9.96. The SMILES string of the molecule is CC(NC(=O)N1CCN2C(=O)NCC2C1)(C(=O)O)C1CC1. The zero-order chi connectivity index (χ0) is 15.2. The van der Waals surface area contributed by atoms with Gasteiger partial charge in [-0.3, -0.25) is 0 Å². The maximum absolute atomic E-state index is 12.3. The van der Waals surface area contributed by atoms with Crippen LogP contribution in [-0.4, -0.2) is 70.7 Å². The Morgan fingerprint density at radius 1 is 1.38 bits per heavy atom. The van der Waals surface area contributed by atoms with Gasteiger partial charge in [0, 0.05) is 26.2 Å². The molecule has 8 heteroatoms. The molecule has 0 radical (unpaired) electrons. The van der Waals surface area contributed by atoms with E-state index < -0.39 is 11.5 Å². The van der Waals surface area contributed by atoms with Crippen molar-refractivity contribution in [3.63, 3.8) is 0 Å². The Hall–Kier alpha value is -1.99. The van der Waals surface area contributed by atoms with Crippen molar-refractivity contribution in [2.45, 2.75) is 31.3 Å². The first-order valence-electron chi connectivity index (χ1n) is 7.27. The van der Waals surface area contributed by atoms with Crippen LogP contribution in [0.3, 0.4) is 0 Å². The van der Waals surface area contributed by atoms with Crippen LogP contribution in [0.4, 0.5) is 9.59 Å². The quantitative estimate of drug-likeness (QED) is 0.663. The summed E-state index contributed by atoms with van der Waals surface area (Å²) in [6.45, 7) is 3.45. The normalized spacial score (nSPS) is 27.7. The lowest BCUT2D eigenvalue weighted by molar-refractivity contribution is -0.144. The third-order valence-corrected chi connectivity index (χ3v) is 4.72. The van der Waals surface area contributed by atoms with Gasteiger partial charge in [-0.1, -0.05) is 0 Å². The molecule has 0 aromatic rings. The van der Waals surface area contributed by atoms with Gasteiger partial charge in [-0.15, -0.1) is 0 Å². The lowest BCUT2D eigenvalue weighted by Gasteiger charge is -2.38. The molecule has 8 nitrogen and oxygen atoms in total. The average Bonchev–Trinajstić information content (AvgIpc) is 3.24. The third kappa shape index (κ3) is 2.38. The van der Waals surface area contributed by atoms with Crippen LogP contribution in [-0.2, 0) is 4.79 Å². The highest BCUT2D eigenvalue weighted by molar-refractivity contribution is 5.87. The number of amides is 4. The number of carboxylic acid groups (broad SMARTS) is 1. The van der Waals surface area contributed by atoms with Crippen molar-refractivity contribution in [2.24, 2.45) is 5.92 Å². The zero-order valence-corrected chi connectivity index (χ0v) is 12.0. The minimum Gasteiger partial charge on any atom is -0.480 e. The molecule has 3 rings (SSSR count). The molecule has 4 amide bonds. The Labute approximate surface area is 122 Å². The van der Waals surface area contributed by atoms with Gasteiger partial charge in [0.25, 0.3) is 0 Å². The fraction of sp³-hybridized carbons (Fsp3) is 0.769. The summed E-state index contributed by atoms with van der Waals surface area (Å²) in [6.07, 6.45) is 1.66. The second-order valence-corrected chi connectivity index (χ2v) is 6.19. The number of rotatable bonds is 3. The molecule has 116 valence electrons. The maximum Gasteiger partial charge on any atom is 0.329 e. The molecule has 1 saturated carbocycles. The number of fused-ring (bicyclic) bond motifs is 1. The predicted octanol–water partition coefficient (Wildman–Crippen LogP) is -0.341. The minimum atomic E-state index is -1.20. The second-order valence-electron chi connectivity index (χ2n) is 6.19. The van der Waals surface area contributed by atoms with Gasteiger partial charge in [0.2, 0.25) is 0 Å². The van der Waals surface area contributed by atoms with Crippen LogP contribution in [0.1, 0.15) is 19.8 Å². The highest BCUT2D eigenvalue weighted by atomic mass is 16.4. The molecule has 2 unspecified atom stereocenters. The molecular weight excluding hydrogens is 276 g/mol. The molecule has 2 heterocycles. The summed E-state index contributed by atoms with van der Waals surface area (Å²) in [7, 11) is 0. The van der Waals surface area contributed by atoms with Crippen LogP contribution < -0.4 is 10.6 Å². The van der Waals surface area contributed by atoms with E-state index in [9.17, 15) is 19.5 Å². The molecule has 2 aliphatic heterocycles. The summed E-state index contributed by atoms with van der Waals surface area (Å²) in [5.41, 5.74) is -1.20. The Bertz CT molecular complexity index is 493. The number of carbonyl (C=O) groups excluding carboxylic acids is 2. The monoisotopic (exact) mass is 296 g/mol. The van der Waals surface area contributed by atoms with Crippen molar-refractivity contribution in [1.82, 2.24) is 20.4 Å². The van der Waals surface area contributed by atoms with Crippen LogP contribution in [0.15, 0.2) is 0 Å². The number of nitrogens with zero attached hydrogens (tertiary/aromatic N) is 2. The summed E-state index contributed by atoms with van der Waals surface area (Å²) in [4.78, 5) is 38.6. The minimum absolute atomic E-state index is 0.00923. The number of hydrogen-bond donors (Lipinski definition) is 3. The summed E-state index contributed by atoms with van der Waals surface area (Å²) in [5.74, 6) is -0.982. The summed E-state index contributed by atoms with van der Waals surface area (Å²) < 4.78 is 0. The number of carbonyl (C=O) groups is 3. The molecule has 3 aliphatic rings. The van der Waals surface area contributed by atoms with Gasteiger partial charge in [0.05, 0.1) is 6.04 Å². The Morgan fingerprint density at radius 2 is 2.10 bits per heavy atom. The van der Waals surface area contributed by atoms with Gasteiger partial charge < -0.3 is 25.5 Å². The van der Waals surface area contributed by atoms with E-state index in [1.807, 2.05) is 0 Å². The smallest absolute Gasteiger partial charge is 0.329 e. The van der Waals surface area contributed by atoms with E-state index in [-0.39, 0.29) is 24.0 Å².